The Kier molecular flexibility index (Phi) is 2.63. The molecule has 0 aromatic heterocycles. The third-order valence-electron chi connectivity index (χ3n) is 1.83. The van der Waals surface area contributed by atoms with E-state index in [0.29, 0.717) is 10.8 Å². The highest BCUT2D eigenvalue weighted by Gasteiger charge is 2.10. The van der Waals surface area contributed by atoms with Gasteiger partial charge in [-0.05, 0) is 30.5 Å². The molecular formula is C10H13ClO. The van der Waals surface area contributed by atoms with Crippen molar-refractivity contribution in [1.29, 1.82) is 0 Å². The summed E-state index contributed by atoms with van der Waals surface area (Å²) in [6.45, 7) is 5.93. The number of hydrogen-bond donors (Lipinski definition) is 1. The van der Waals surface area contributed by atoms with Crippen LogP contribution in [0.4, 0.5) is 0 Å². The van der Waals surface area contributed by atoms with Gasteiger partial charge in [-0.25, -0.2) is 0 Å². The molecule has 0 aliphatic heterocycles. The lowest BCUT2D eigenvalue weighted by atomic mass is 10.0. The molecule has 0 amide bonds. The second-order valence-electron chi connectivity index (χ2n) is 3.33. The number of aryl methyl sites for hydroxylation is 1. The minimum absolute atomic E-state index is 0.262. The first-order chi connectivity index (χ1) is 5.52. The van der Waals surface area contributed by atoms with Crippen LogP contribution in [0.15, 0.2) is 12.1 Å². The van der Waals surface area contributed by atoms with E-state index in [4.69, 9.17) is 11.6 Å². The van der Waals surface area contributed by atoms with Gasteiger partial charge in [0.2, 0.25) is 0 Å². The van der Waals surface area contributed by atoms with Crippen LogP contribution in [0, 0.1) is 6.92 Å². The topological polar surface area (TPSA) is 20.2 Å². The number of rotatable bonds is 1. The summed E-state index contributed by atoms with van der Waals surface area (Å²) in [5, 5.41) is 10.2. The summed E-state index contributed by atoms with van der Waals surface area (Å²) in [6, 6.07) is 3.61. The first kappa shape index (κ1) is 9.40. The van der Waals surface area contributed by atoms with Crippen molar-refractivity contribution in [2.75, 3.05) is 0 Å². The van der Waals surface area contributed by atoms with Crippen molar-refractivity contribution in [2.45, 2.75) is 26.7 Å². The predicted molar refractivity (Wildman–Crippen MR) is 51.9 cm³/mol. The van der Waals surface area contributed by atoms with Crippen LogP contribution >= 0.6 is 11.6 Å². The molecule has 1 rings (SSSR count). The van der Waals surface area contributed by atoms with Gasteiger partial charge in [-0.1, -0.05) is 25.4 Å². The smallest absolute Gasteiger partial charge is 0.120 e. The van der Waals surface area contributed by atoms with E-state index >= 15 is 0 Å². The summed E-state index contributed by atoms with van der Waals surface area (Å²) in [6.07, 6.45) is 0. The molecule has 0 saturated carbocycles. The molecule has 1 nitrogen and oxygen atoms in total. The molecule has 0 saturated heterocycles. The molecule has 12 heavy (non-hydrogen) atoms. The van der Waals surface area contributed by atoms with Gasteiger partial charge in [-0.3, -0.25) is 0 Å². The Morgan fingerprint density at radius 2 is 1.92 bits per heavy atom. The molecule has 0 fully saturated rings. The Morgan fingerprint density at radius 1 is 1.33 bits per heavy atom. The zero-order valence-corrected chi connectivity index (χ0v) is 8.31. The Balaban J connectivity index is 3.28. The van der Waals surface area contributed by atoms with Gasteiger partial charge in [0.05, 0.1) is 0 Å². The molecule has 0 heterocycles. The van der Waals surface area contributed by atoms with Crippen LogP contribution in [0.3, 0.4) is 0 Å². The molecule has 0 aliphatic carbocycles. The molecule has 66 valence electrons. The van der Waals surface area contributed by atoms with Gasteiger partial charge in [-0.15, -0.1) is 0 Å². The molecule has 1 aromatic rings. The van der Waals surface area contributed by atoms with Crippen molar-refractivity contribution in [3.05, 3.63) is 28.3 Å². The quantitative estimate of drug-likeness (QED) is 0.709. The van der Waals surface area contributed by atoms with Crippen LogP contribution in [-0.2, 0) is 0 Å². The Labute approximate surface area is 78.0 Å². The third-order valence-corrected chi connectivity index (χ3v) is 2.14. The van der Waals surface area contributed by atoms with Crippen molar-refractivity contribution >= 4 is 11.6 Å². The fourth-order valence-corrected chi connectivity index (χ4v) is 1.79. The average Bonchev–Trinajstić information content (AvgIpc) is 1.82. The van der Waals surface area contributed by atoms with Gasteiger partial charge >= 0.3 is 0 Å². The molecule has 0 radical (unpaired) electrons. The van der Waals surface area contributed by atoms with Gasteiger partial charge in [0.1, 0.15) is 5.75 Å². The molecule has 0 aliphatic rings. The average molecular weight is 185 g/mol. The number of aromatic hydroxyl groups is 1. The number of phenols is 1. The van der Waals surface area contributed by atoms with Gasteiger partial charge in [-0.2, -0.15) is 0 Å². The fourth-order valence-electron chi connectivity index (χ4n) is 1.31. The van der Waals surface area contributed by atoms with Crippen molar-refractivity contribution in [2.24, 2.45) is 0 Å². The molecule has 0 atom stereocenters. The highest BCUT2D eigenvalue weighted by atomic mass is 35.5. The molecule has 1 N–H and O–H groups in total. The van der Waals surface area contributed by atoms with Gasteiger partial charge in [0.15, 0.2) is 0 Å². The summed E-state index contributed by atoms with van der Waals surface area (Å²) < 4.78 is 0. The molecule has 1 aromatic carbocycles. The van der Waals surface area contributed by atoms with Crippen LogP contribution in [0.25, 0.3) is 0 Å². The number of hydrogen-bond acceptors (Lipinski definition) is 1. The fraction of sp³-hybridized carbons (Fsp3) is 0.400. The van der Waals surface area contributed by atoms with Gasteiger partial charge < -0.3 is 5.11 Å². The van der Waals surface area contributed by atoms with Crippen molar-refractivity contribution < 1.29 is 5.11 Å². The van der Waals surface area contributed by atoms with E-state index in [1.54, 1.807) is 6.07 Å². The standard InChI is InChI=1S/C10H13ClO/c1-6(2)10-8(11)4-7(3)5-9(10)12/h4-6,12H,1-3H3. The number of halogens is 1. The van der Waals surface area contributed by atoms with Gasteiger partial charge in [0, 0.05) is 10.6 Å². The second kappa shape index (κ2) is 3.36. The van der Waals surface area contributed by atoms with Gasteiger partial charge in [0.25, 0.3) is 0 Å². The lowest BCUT2D eigenvalue weighted by Gasteiger charge is -2.11. The predicted octanol–water partition coefficient (Wildman–Crippen LogP) is 3.48. The van der Waals surface area contributed by atoms with Crippen LogP contribution in [0.2, 0.25) is 5.02 Å². The van der Waals surface area contributed by atoms with E-state index in [9.17, 15) is 5.11 Å². The lowest BCUT2D eigenvalue weighted by molar-refractivity contribution is 0.464. The Hall–Kier alpha value is -0.690. The molecular weight excluding hydrogens is 172 g/mol. The monoisotopic (exact) mass is 184 g/mol. The highest BCUT2D eigenvalue weighted by molar-refractivity contribution is 6.31. The SMILES string of the molecule is Cc1cc(O)c(C(C)C)c(Cl)c1. The number of benzene rings is 1. The summed E-state index contributed by atoms with van der Waals surface area (Å²) in [5.41, 5.74) is 1.82. The van der Waals surface area contributed by atoms with Crippen LogP contribution in [0.1, 0.15) is 30.9 Å². The van der Waals surface area contributed by atoms with Crippen LogP contribution in [-0.4, -0.2) is 5.11 Å². The van der Waals surface area contributed by atoms with Crippen LogP contribution < -0.4 is 0 Å². The first-order valence-corrected chi connectivity index (χ1v) is 4.39. The maximum atomic E-state index is 9.56. The molecule has 0 spiro atoms. The zero-order chi connectivity index (χ0) is 9.30. The Morgan fingerprint density at radius 3 is 2.33 bits per heavy atom. The minimum atomic E-state index is 0.262. The van der Waals surface area contributed by atoms with E-state index in [1.165, 1.54) is 0 Å². The summed E-state index contributed by atoms with van der Waals surface area (Å²) >= 11 is 5.97. The molecule has 2 heteroatoms. The minimum Gasteiger partial charge on any atom is -0.508 e. The maximum absolute atomic E-state index is 9.56. The largest absolute Gasteiger partial charge is 0.508 e. The summed E-state index contributed by atoms with van der Waals surface area (Å²) in [5.74, 6) is 0.563. The normalized spacial score (nSPS) is 10.8. The van der Waals surface area contributed by atoms with Crippen molar-refractivity contribution in [3.63, 3.8) is 0 Å². The van der Waals surface area contributed by atoms with E-state index in [0.717, 1.165) is 11.1 Å². The van der Waals surface area contributed by atoms with E-state index in [1.807, 2.05) is 26.8 Å². The van der Waals surface area contributed by atoms with E-state index < -0.39 is 0 Å². The summed E-state index contributed by atoms with van der Waals surface area (Å²) in [7, 11) is 0. The van der Waals surface area contributed by atoms with Crippen LogP contribution in [0.5, 0.6) is 5.75 Å². The highest BCUT2D eigenvalue weighted by Crippen LogP contribution is 2.33. The van der Waals surface area contributed by atoms with Crippen molar-refractivity contribution in [1.82, 2.24) is 0 Å². The van der Waals surface area contributed by atoms with E-state index in [-0.39, 0.29) is 5.92 Å². The number of phenolic OH excluding ortho intramolecular Hbond substituents is 1. The second-order valence-corrected chi connectivity index (χ2v) is 3.74. The molecule has 0 unspecified atom stereocenters. The van der Waals surface area contributed by atoms with E-state index in [2.05, 4.69) is 0 Å². The zero-order valence-electron chi connectivity index (χ0n) is 7.56. The molecule has 0 bridgehead atoms. The lowest BCUT2D eigenvalue weighted by Crippen LogP contribution is -1.90. The van der Waals surface area contributed by atoms with Crippen molar-refractivity contribution in [3.8, 4) is 5.75 Å². The Bertz CT molecular complexity index is 269. The third kappa shape index (κ3) is 1.72. The first-order valence-electron chi connectivity index (χ1n) is 4.01. The maximum Gasteiger partial charge on any atom is 0.120 e. The summed E-state index contributed by atoms with van der Waals surface area (Å²) in [4.78, 5) is 0.